The molecule has 1 atom stereocenters. The first-order chi connectivity index (χ1) is 8.60. The van der Waals surface area contributed by atoms with Gasteiger partial charge >= 0.3 is 5.97 Å². The molecule has 0 aliphatic carbocycles. The molecule has 1 N–H and O–H groups in total. The number of nitrogens with zero attached hydrogens (tertiary/aromatic N) is 3. The first-order valence-electron chi connectivity index (χ1n) is 5.29. The third kappa shape index (κ3) is 2.88. The van der Waals surface area contributed by atoms with E-state index in [4.69, 9.17) is 9.63 Å². The molecule has 0 amide bonds. The Morgan fingerprint density at radius 3 is 3.00 bits per heavy atom. The molecule has 0 aromatic carbocycles. The highest BCUT2D eigenvalue weighted by molar-refractivity contribution is 8.02. The molecule has 0 fully saturated rings. The fraction of sp³-hybridized carbons (Fsp3) is 0.400. The van der Waals surface area contributed by atoms with Gasteiger partial charge in [0.05, 0.1) is 0 Å². The zero-order valence-corrected chi connectivity index (χ0v) is 11.4. The van der Waals surface area contributed by atoms with Crippen LogP contribution in [-0.4, -0.2) is 31.7 Å². The minimum atomic E-state index is -0.869. The minimum Gasteiger partial charge on any atom is -0.480 e. The van der Waals surface area contributed by atoms with Crippen molar-refractivity contribution in [2.24, 2.45) is 0 Å². The summed E-state index contributed by atoms with van der Waals surface area (Å²) in [6.45, 7) is 3.58. The molecule has 2 rings (SSSR count). The van der Waals surface area contributed by atoms with E-state index in [0.29, 0.717) is 15.0 Å². The van der Waals surface area contributed by atoms with E-state index in [1.54, 1.807) is 6.92 Å². The van der Waals surface area contributed by atoms with Gasteiger partial charge < -0.3 is 9.63 Å². The fourth-order valence-corrected chi connectivity index (χ4v) is 3.03. The van der Waals surface area contributed by atoms with Crippen molar-refractivity contribution >= 4 is 29.1 Å². The quantitative estimate of drug-likeness (QED) is 0.843. The van der Waals surface area contributed by atoms with Crippen molar-refractivity contribution < 1.29 is 14.4 Å². The molecule has 0 saturated heterocycles. The summed E-state index contributed by atoms with van der Waals surface area (Å²) < 4.78 is 5.70. The lowest BCUT2D eigenvalue weighted by Gasteiger charge is -1.99. The van der Waals surface area contributed by atoms with Crippen LogP contribution in [-0.2, 0) is 11.2 Å². The molecule has 2 heterocycles. The summed E-state index contributed by atoms with van der Waals surface area (Å²) in [6.07, 6.45) is 0.767. The lowest BCUT2D eigenvalue weighted by Crippen LogP contribution is -2.10. The maximum absolute atomic E-state index is 10.7. The monoisotopic (exact) mass is 285 g/mol. The van der Waals surface area contributed by atoms with Crippen LogP contribution < -0.4 is 0 Å². The summed E-state index contributed by atoms with van der Waals surface area (Å²) in [5.74, 6) is -0.0836. The average Bonchev–Trinajstić information content (AvgIpc) is 2.96. The van der Waals surface area contributed by atoms with Gasteiger partial charge in [-0.15, -0.1) is 10.2 Å². The largest absolute Gasteiger partial charge is 0.480 e. The van der Waals surface area contributed by atoms with E-state index in [1.165, 1.54) is 23.1 Å². The maximum atomic E-state index is 10.7. The van der Waals surface area contributed by atoms with Gasteiger partial charge in [-0.05, 0) is 6.92 Å². The van der Waals surface area contributed by atoms with Gasteiger partial charge in [0.25, 0.3) is 0 Å². The second-order valence-corrected chi connectivity index (χ2v) is 6.07. The number of carbonyl (C=O) groups is 1. The molecule has 0 aliphatic rings. The number of hydrogen-bond donors (Lipinski definition) is 1. The molecule has 0 spiro atoms. The number of carboxylic acids is 1. The first-order valence-corrected chi connectivity index (χ1v) is 6.98. The summed E-state index contributed by atoms with van der Waals surface area (Å²) in [5.41, 5.74) is 0.638. The molecule has 2 aromatic rings. The average molecular weight is 285 g/mol. The van der Waals surface area contributed by atoms with Crippen LogP contribution in [0.3, 0.4) is 0 Å². The van der Waals surface area contributed by atoms with Gasteiger partial charge in [0.1, 0.15) is 16.7 Å². The van der Waals surface area contributed by atoms with Crippen LogP contribution in [0.5, 0.6) is 0 Å². The Balaban J connectivity index is 2.12. The number of aromatic nitrogens is 3. The SMILES string of the molecule is CCc1cc(-c2nnc(SC(C)C(=O)O)s2)no1. The third-order valence-corrected chi connectivity index (χ3v) is 4.28. The van der Waals surface area contributed by atoms with Crippen molar-refractivity contribution in [2.75, 3.05) is 0 Å². The molecule has 96 valence electrons. The molecule has 8 heteroatoms. The lowest BCUT2D eigenvalue weighted by molar-refractivity contribution is -0.136. The van der Waals surface area contributed by atoms with Crippen molar-refractivity contribution in [2.45, 2.75) is 29.9 Å². The van der Waals surface area contributed by atoms with E-state index in [2.05, 4.69) is 15.4 Å². The Hall–Kier alpha value is -1.41. The molecule has 0 aliphatic heterocycles. The molecule has 1 unspecified atom stereocenters. The summed E-state index contributed by atoms with van der Waals surface area (Å²) >= 11 is 2.48. The predicted molar refractivity (Wildman–Crippen MR) is 67.7 cm³/mol. The Morgan fingerprint density at radius 2 is 2.39 bits per heavy atom. The molecule has 0 radical (unpaired) electrons. The minimum absolute atomic E-state index is 0.547. The van der Waals surface area contributed by atoms with Gasteiger partial charge in [-0.25, -0.2) is 0 Å². The van der Waals surface area contributed by atoms with Crippen molar-refractivity contribution in [3.8, 4) is 10.7 Å². The number of carboxylic acid groups (broad SMARTS) is 1. The number of rotatable bonds is 5. The van der Waals surface area contributed by atoms with E-state index in [0.717, 1.165) is 12.2 Å². The highest BCUT2D eigenvalue weighted by Gasteiger charge is 2.17. The van der Waals surface area contributed by atoms with Crippen LogP contribution >= 0.6 is 23.1 Å². The molecule has 2 aromatic heterocycles. The molecule has 0 bridgehead atoms. The number of aliphatic carboxylic acids is 1. The van der Waals surface area contributed by atoms with E-state index < -0.39 is 11.2 Å². The van der Waals surface area contributed by atoms with Gasteiger partial charge in [0.2, 0.25) is 0 Å². The summed E-state index contributed by atoms with van der Waals surface area (Å²) in [5, 5.41) is 20.7. The lowest BCUT2D eigenvalue weighted by atomic mass is 10.3. The smallest absolute Gasteiger partial charge is 0.316 e. The van der Waals surface area contributed by atoms with Gasteiger partial charge in [0, 0.05) is 12.5 Å². The summed E-state index contributed by atoms with van der Waals surface area (Å²) in [7, 11) is 0. The molecule has 6 nitrogen and oxygen atoms in total. The van der Waals surface area contributed by atoms with E-state index >= 15 is 0 Å². The van der Waals surface area contributed by atoms with Gasteiger partial charge in [-0.2, -0.15) is 0 Å². The normalized spacial score (nSPS) is 12.6. The Bertz CT molecular complexity index is 552. The fourth-order valence-electron chi connectivity index (χ4n) is 1.14. The van der Waals surface area contributed by atoms with E-state index in [9.17, 15) is 4.79 Å². The van der Waals surface area contributed by atoms with Crippen LogP contribution in [0.15, 0.2) is 14.9 Å². The first kappa shape index (κ1) is 13.0. The summed E-state index contributed by atoms with van der Waals surface area (Å²) in [4.78, 5) is 10.7. The van der Waals surface area contributed by atoms with Gasteiger partial charge in [-0.1, -0.05) is 35.2 Å². The predicted octanol–water partition coefficient (Wildman–Crippen LogP) is 2.32. The van der Waals surface area contributed by atoms with Crippen LogP contribution in [0.25, 0.3) is 10.7 Å². The maximum Gasteiger partial charge on any atom is 0.316 e. The van der Waals surface area contributed by atoms with Crippen molar-refractivity contribution in [1.82, 2.24) is 15.4 Å². The Morgan fingerprint density at radius 1 is 1.61 bits per heavy atom. The zero-order valence-electron chi connectivity index (χ0n) is 9.78. The molecule has 0 saturated carbocycles. The van der Waals surface area contributed by atoms with Gasteiger partial charge in [-0.3, -0.25) is 4.79 Å². The van der Waals surface area contributed by atoms with Crippen LogP contribution in [0.4, 0.5) is 0 Å². The van der Waals surface area contributed by atoms with Crippen molar-refractivity contribution in [3.05, 3.63) is 11.8 Å². The van der Waals surface area contributed by atoms with Crippen molar-refractivity contribution in [1.29, 1.82) is 0 Å². The Kier molecular flexibility index (Phi) is 3.97. The second-order valence-electron chi connectivity index (χ2n) is 3.50. The van der Waals surface area contributed by atoms with E-state index in [1.807, 2.05) is 13.0 Å². The number of aryl methyl sites for hydroxylation is 1. The van der Waals surface area contributed by atoms with Gasteiger partial charge in [0.15, 0.2) is 9.35 Å². The molecule has 18 heavy (non-hydrogen) atoms. The van der Waals surface area contributed by atoms with Crippen LogP contribution in [0.2, 0.25) is 0 Å². The standard InChI is InChI=1S/C10H11N3O3S2/c1-3-6-4-7(13-16-6)8-11-12-10(18-8)17-5(2)9(14)15/h4-5H,3H2,1-2H3,(H,14,15). The van der Waals surface area contributed by atoms with Crippen molar-refractivity contribution in [3.63, 3.8) is 0 Å². The van der Waals surface area contributed by atoms with Crippen LogP contribution in [0.1, 0.15) is 19.6 Å². The molecular weight excluding hydrogens is 274 g/mol. The van der Waals surface area contributed by atoms with Crippen LogP contribution in [0, 0.1) is 0 Å². The second kappa shape index (κ2) is 5.49. The van der Waals surface area contributed by atoms with E-state index in [-0.39, 0.29) is 0 Å². The third-order valence-electron chi connectivity index (χ3n) is 2.16. The summed E-state index contributed by atoms with van der Waals surface area (Å²) in [6, 6.07) is 1.82. The number of thioether (sulfide) groups is 1. The number of hydrogen-bond acceptors (Lipinski definition) is 7. The Labute approximate surface area is 111 Å². The molecular formula is C10H11N3O3S2. The highest BCUT2D eigenvalue weighted by Crippen LogP contribution is 2.31. The topological polar surface area (TPSA) is 89.1 Å². The zero-order chi connectivity index (χ0) is 13.1. The highest BCUT2D eigenvalue weighted by atomic mass is 32.2.